The zero-order valence-electron chi connectivity index (χ0n) is 7.55. The molecule has 0 amide bonds. The van der Waals surface area contributed by atoms with Crippen LogP contribution in [0.2, 0.25) is 0 Å². The lowest BCUT2D eigenvalue weighted by Crippen LogP contribution is -2.31. The Balaban J connectivity index is 2.59. The molecule has 1 unspecified atom stereocenters. The highest BCUT2D eigenvalue weighted by atomic mass is 16.5. The number of nitrogens with two attached hydrogens (primary N) is 1. The summed E-state index contributed by atoms with van der Waals surface area (Å²) in [6.45, 7) is 3.06. The Bertz CT molecular complexity index is 175. The lowest BCUT2D eigenvalue weighted by atomic mass is 9.89. The maximum Gasteiger partial charge on any atom is 0.0876 e. The van der Waals surface area contributed by atoms with E-state index >= 15 is 0 Å². The average Bonchev–Trinajstić information content (AvgIpc) is 2.06. The van der Waals surface area contributed by atoms with E-state index in [0.717, 1.165) is 25.0 Å². The summed E-state index contributed by atoms with van der Waals surface area (Å²) < 4.78 is 5.15. The minimum absolute atomic E-state index is 0.504. The Morgan fingerprint density at radius 2 is 2.50 bits per heavy atom. The number of aliphatic hydroxyl groups is 1. The van der Waals surface area contributed by atoms with E-state index in [9.17, 15) is 5.11 Å². The van der Waals surface area contributed by atoms with Crippen molar-refractivity contribution in [1.29, 1.82) is 0 Å². The molecule has 0 radical (unpaired) electrons. The van der Waals surface area contributed by atoms with Crippen molar-refractivity contribution in [2.45, 2.75) is 31.8 Å². The van der Waals surface area contributed by atoms with Crippen LogP contribution in [0.3, 0.4) is 0 Å². The lowest BCUT2D eigenvalue weighted by molar-refractivity contribution is 0.0743. The summed E-state index contributed by atoms with van der Waals surface area (Å²) in [5, 5.41) is 9.91. The molecule has 0 saturated heterocycles. The van der Waals surface area contributed by atoms with E-state index in [4.69, 9.17) is 10.5 Å². The minimum atomic E-state index is -0.769. The van der Waals surface area contributed by atoms with Crippen molar-refractivity contribution in [2.24, 2.45) is 5.73 Å². The summed E-state index contributed by atoms with van der Waals surface area (Å²) in [6.07, 6.45) is 4.20. The third-order valence-corrected chi connectivity index (χ3v) is 2.26. The van der Waals surface area contributed by atoms with Crippen LogP contribution in [0.5, 0.6) is 0 Å². The molecule has 0 aromatic heterocycles. The first kappa shape index (κ1) is 9.55. The third-order valence-electron chi connectivity index (χ3n) is 2.26. The number of hydrogen-bond donors (Lipinski definition) is 2. The first-order valence-electron chi connectivity index (χ1n) is 4.40. The van der Waals surface area contributed by atoms with Gasteiger partial charge in [0, 0.05) is 0 Å². The van der Waals surface area contributed by atoms with Gasteiger partial charge in [-0.2, -0.15) is 0 Å². The van der Waals surface area contributed by atoms with Crippen molar-refractivity contribution >= 4 is 0 Å². The van der Waals surface area contributed by atoms with Gasteiger partial charge in [-0.1, -0.05) is 0 Å². The van der Waals surface area contributed by atoms with Crippen LogP contribution in [0.1, 0.15) is 26.2 Å². The molecule has 12 heavy (non-hydrogen) atoms. The molecule has 1 heterocycles. The summed E-state index contributed by atoms with van der Waals surface area (Å²) >= 11 is 0. The second kappa shape index (κ2) is 3.92. The van der Waals surface area contributed by atoms with Gasteiger partial charge in [0.2, 0.25) is 0 Å². The van der Waals surface area contributed by atoms with E-state index in [1.807, 2.05) is 0 Å². The van der Waals surface area contributed by atoms with Gasteiger partial charge in [0.25, 0.3) is 0 Å². The van der Waals surface area contributed by atoms with Crippen LogP contribution in [-0.4, -0.2) is 23.9 Å². The predicted octanol–water partition coefficient (Wildman–Crippen LogP) is 0.781. The normalized spacial score (nSPS) is 22.4. The second-order valence-electron chi connectivity index (χ2n) is 3.43. The van der Waals surface area contributed by atoms with E-state index in [2.05, 4.69) is 0 Å². The molecular weight excluding hydrogens is 154 g/mol. The molecule has 0 saturated carbocycles. The third kappa shape index (κ3) is 2.22. The van der Waals surface area contributed by atoms with Crippen molar-refractivity contribution in [3.8, 4) is 0 Å². The molecular formula is C9H17NO2. The summed E-state index contributed by atoms with van der Waals surface area (Å²) in [4.78, 5) is 0. The molecule has 1 rings (SSSR count). The van der Waals surface area contributed by atoms with Crippen LogP contribution in [0, 0.1) is 0 Å². The molecule has 3 heteroatoms. The van der Waals surface area contributed by atoms with Crippen molar-refractivity contribution < 1.29 is 9.84 Å². The number of rotatable bonds is 3. The Labute approximate surface area is 73.2 Å². The van der Waals surface area contributed by atoms with E-state index in [1.165, 1.54) is 0 Å². The van der Waals surface area contributed by atoms with Crippen molar-refractivity contribution in [3.05, 3.63) is 11.8 Å². The fraction of sp³-hybridized carbons (Fsp3) is 0.778. The summed E-state index contributed by atoms with van der Waals surface area (Å²) in [5.41, 5.74) is 5.60. The van der Waals surface area contributed by atoms with Crippen molar-refractivity contribution in [3.63, 3.8) is 0 Å². The molecule has 3 N–H and O–H groups in total. The fourth-order valence-electron chi connectivity index (χ4n) is 1.40. The summed E-state index contributed by atoms with van der Waals surface area (Å²) in [6, 6.07) is 0. The van der Waals surface area contributed by atoms with Crippen molar-refractivity contribution in [1.82, 2.24) is 0 Å². The molecule has 0 bridgehead atoms. The van der Waals surface area contributed by atoms with Crippen LogP contribution < -0.4 is 5.73 Å². The van der Waals surface area contributed by atoms with Gasteiger partial charge in [-0.25, -0.2) is 0 Å². The van der Waals surface area contributed by atoms with E-state index in [-0.39, 0.29) is 0 Å². The van der Waals surface area contributed by atoms with Gasteiger partial charge in [0.05, 0.1) is 18.5 Å². The zero-order valence-corrected chi connectivity index (χ0v) is 7.55. The predicted molar refractivity (Wildman–Crippen MR) is 47.6 cm³/mol. The van der Waals surface area contributed by atoms with Crippen molar-refractivity contribution in [2.75, 3.05) is 13.2 Å². The first-order chi connectivity index (χ1) is 5.67. The highest BCUT2D eigenvalue weighted by molar-refractivity contribution is 5.14. The molecule has 0 aliphatic carbocycles. The SMILES string of the molecule is CC(O)(CCN)C1=COCCC1. The maximum absolute atomic E-state index is 9.91. The zero-order chi connectivity index (χ0) is 9.03. The Hall–Kier alpha value is -0.540. The Morgan fingerprint density at radius 3 is 3.00 bits per heavy atom. The van der Waals surface area contributed by atoms with Crippen LogP contribution in [-0.2, 0) is 4.74 Å². The van der Waals surface area contributed by atoms with Crippen LogP contribution >= 0.6 is 0 Å². The van der Waals surface area contributed by atoms with Crippen LogP contribution in [0.4, 0.5) is 0 Å². The summed E-state index contributed by atoms with van der Waals surface area (Å²) in [5.74, 6) is 0. The highest BCUT2D eigenvalue weighted by Gasteiger charge is 2.26. The summed E-state index contributed by atoms with van der Waals surface area (Å²) in [7, 11) is 0. The second-order valence-corrected chi connectivity index (χ2v) is 3.43. The average molecular weight is 171 g/mol. The van der Waals surface area contributed by atoms with Gasteiger partial charge in [-0.05, 0) is 38.3 Å². The minimum Gasteiger partial charge on any atom is -0.501 e. The van der Waals surface area contributed by atoms with Gasteiger partial charge < -0.3 is 15.6 Å². The molecule has 0 aromatic rings. The van der Waals surface area contributed by atoms with Gasteiger partial charge in [0.15, 0.2) is 0 Å². The highest BCUT2D eigenvalue weighted by Crippen LogP contribution is 2.26. The number of ether oxygens (including phenoxy) is 1. The van der Waals surface area contributed by atoms with Gasteiger partial charge in [-0.3, -0.25) is 0 Å². The number of hydrogen-bond acceptors (Lipinski definition) is 3. The molecule has 1 aliphatic rings. The molecule has 3 nitrogen and oxygen atoms in total. The smallest absolute Gasteiger partial charge is 0.0876 e. The largest absolute Gasteiger partial charge is 0.501 e. The fourth-order valence-corrected chi connectivity index (χ4v) is 1.40. The quantitative estimate of drug-likeness (QED) is 0.659. The Kier molecular flexibility index (Phi) is 3.12. The van der Waals surface area contributed by atoms with Gasteiger partial charge in [-0.15, -0.1) is 0 Å². The van der Waals surface area contributed by atoms with E-state index < -0.39 is 5.60 Å². The van der Waals surface area contributed by atoms with E-state index in [0.29, 0.717) is 13.0 Å². The van der Waals surface area contributed by atoms with Gasteiger partial charge in [0.1, 0.15) is 0 Å². The van der Waals surface area contributed by atoms with Crippen LogP contribution in [0.25, 0.3) is 0 Å². The topological polar surface area (TPSA) is 55.5 Å². The molecule has 0 aromatic carbocycles. The van der Waals surface area contributed by atoms with Crippen LogP contribution in [0.15, 0.2) is 11.8 Å². The lowest BCUT2D eigenvalue weighted by Gasteiger charge is -2.28. The van der Waals surface area contributed by atoms with E-state index in [1.54, 1.807) is 13.2 Å². The molecule has 70 valence electrons. The Morgan fingerprint density at radius 1 is 1.75 bits per heavy atom. The van der Waals surface area contributed by atoms with Gasteiger partial charge >= 0.3 is 0 Å². The first-order valence-corrected chi connectivity index (χ1v) is 4.40. The molecule has 1 atom stereocenters. The standard InChI is InChI=1S/C9H17NO2/c1-9(11,4-5-10)8-3-2-6-12-7-8/h7,11H,2-6,10H2,1H3. The molecule has 0 spiro atoms. The maximum atomic E-state index is 9.91. The monoisotopic (exact) mass is 171 g/mol. The molecule has 0 fully saturated rings. The molecule has 1 aliphatic heterocycles.